The fraction of sp³-hybridized carbons (Fsp3) is 0.364. The van der Waals surface area contributed by atoms with Crippen LogP contribution in [0.15, 0.2) is 24.5 Å². The van der Waals surface area contributed by atoms with Gasteiger partial charge in [-0.2, -0.15) is 5.10 Å². The van der Waals surface area contributed by atoms with E-state index < -0.39 is 0 Å². The van der Waals surface area contributed by atoms with Gasteiger partial charge in [-0.05, 0) is 31.3 Å². The lowest BCUT2D eigenvalue weighted by atomic mass is 10.3. The van der Waals surface area contributed by atoms with Gasteiger partial charge in [-0.15, -0.1) is 0 Å². The Bertz CT molecular complexity index is 520. The molecule has 2 heterocycles. The molecule has 0 radical (unpaired) electrons. The summed E-state index contributed by atoms with van der Waals surface area (Å²) in [5.74, 6) is 0.794. The van der Waals surface area contributed by atoms with Crippen LogP contribution in [0.1, 0.15) is 6.92 Å². The van der Waals surface area contributed by atoms with Crippen molar-refractivity contribution in [2.24, 2.45) is 0 Å². The predicted molar refractivity (Wildman–Crippen MR) is 67.1 cm³/mol. The van der Waals surface area contributed by atoms with Gasteiger partial charge in [0.25, 0.3) is 0 Å². The van der Waals surface area contributed by atoms with Crippen LogP contribution in [0.25, 0.3) is 11.4 Å². The first-order valence-corrected chi connectivity index (χ1v) is 5.87. The quantitative estimate of drug-likeness (QED) is 0.651. The van der Waals surface area contributed by atoms with Crippen LogP contribution >= 0.6 is 12.2 Å². The summed E-state index contributed by atoms with van der Waals surface area (Å²) in [7, 11) is 0. The second kappa shape index (κ2) is 5.70. The van der Waals surface area contributed by atoms with E-state index in [1.165, 1.54) is 0 Å². The van der Waals surface area contributed by atoms with Gasteiger partial charge < -0.3 is 4.74 Å². The van der Waals surface area contributed by atoms with Gasteiger partial charge in [0.1, 0.15) is 0 Å². The Balaban J connectivity index is 2.26. The van der Waals surface area contributed by atoms with Crippen LogP contribution in [0, 0.1) is 4.77 Å². The molecule has 0 spiro atoms. The molecule has 0 atom stereocenters. The molecule has 2 aromatic rings. The normalized spacial score (nSPS) is 10.6. The predicted octanol–water partition coefficient (Wildman–Crippen LogP) is 2.04. The van der Waals surface area contributed by atoms with Crippen molar-refractivity contribution in [3.63, 3.8) is 0 Å². The smallest absolute Gasteiger partial charge is 0.195 e. The third-order valence-corrected chi connectivity index (χ3v) is 2.65. The van der Waals surface area contributed by atoms with E-state index in [2.05, 4.69) is 15.2 Å². The topological polar surface area (TPSA) is 55.7 Å². The number of hydrogen-bond donors (Lipinski definition) is 1. The number of nitrogens with zero attached hydrogens (tertiary/aromatic N) is 3. The van der Waals surface area contributed by atoms with Gasteiger partial charge >= 0.3 is 0 Å². The van der Waals surface area contributed by atoms with E-state index in [1.54, 1.807) is 12.4 Å². The molecule has 0 saturated carbocycles. The zero-order valence-electron chi connectivity index (χ0n) is 9.59. The number of rotatable bonds is 5. The molecule has 0 aliphatic heterocycles. The zero-order chi connectivity index (χ0) is 12.1. The number of nitrogens with one attached hydrogen (secondary N) is 1. The summed E-state index contributed by atoms with van der Waals surface area (Å²) in [6.07, 6.45) is 3.50. The Hall–Kier alpha value is -1.53. The maximum Gasteiger partial charge on any atom is 0.195 e. The number of ether oxygens (including phenoxy) is 1. The van der Waals surface area contributed by atoms with E-state index in [0.29, 0.717) is 24.5 Å². The molecule has 1 N–H and O–H groups in total. The summed E-state index contributed by atoms with van der Waals surface area (Å²) >= 11 is 5.19. The van der Waals surface area contributed by atoms with Gasteiger partial charge in [-0.3, -0.25) is 14.6 Å². The minimum absolute atomic E-state index is 0.601. The standard InChI is InChI=1S/C11H14N4OS/c1-2-16-7-6-15-10(13-14-11(15)17)9-4-3-5-12-8-9/h3-5,8H,2,6-7H2,1H3,(H,14,17). The maximum atomic E-state index is 5.33. The van der Waals surface area contributed by atoms with Gasteiger partial charge in [-0.1, -0.05) is 0 Å². The molecule has 0 bridgehead atoms. The molecular weight excluding hydrogens is 236 g/mol. The van der Waals surface area contributed by atoms with Crippen LogP contribution in [0.4, 0.5) is 0 Å². The summed E-state index contributed by atoms with van der Waals surface area (Å²) in [5.41, 5.74) is 0.941. The molecule has 2 aromatic heterocycles. The zero-order valence-corrected chi connectivity index (χ0v) is 10.4. The van der Waals surface area contributed by atoms with E-state index in [1.807, 2.05) is 23.6 Å². The highest BCUT2D eigenvalue weighted by Gasteiger charge is 2.08. The summed E-state index contributed by atoms with van der Waals surface area (Å²) in [6.45, 7) is 3.98. The van der Waals surface area contributed by atoms with Crippen molar-refractivity contribution in [1.29, 1.82) is 0 Å². The van der Waals surface area contributed by atoms with Crippen LogP contribution < -0.4 is 0 Å². The average molecular weight is 250 g/mol. The molecule has 90 valence electrons. The second-order valence-electron chi connectivity index (χ2n) is 3.44. The molecular formula is C11H14N4OS. The molecule has 0 aliphatic carbocycles. The van der Waals surface area contributed by atoms with Crippen LogP contribution in [0.2, 0.25) is 0 Å². The van der Waals surface area contributed by atoms with Gasteiger partial charge in [0.15, 0.2) is 10.6 Å². The molecule has 0 fully saturated rings. The van der Waals surface area contributed by atoms with Crippen LogP contribution in [0.5, 0.6) is 0 Å². The highest BCUT2D eigenvalue weighted by Crippen LogP contribution is 2.15. The largest absolute Gasteiger partial charge is 0.380 e. The minimum atomic E-state index is 0.601. The van der Waals surface area contributed by atoms with Crippen molar-refractivity contribution < 1.29 is 4.74 Å². The molecule has 6 heteroatoms. The first-order chi connectivity index (χ1) is 8.33. The van der Waals surface area contributed by atoms with Gasteiger partial charge in [0, 0.05) is 24.6 Å². The van der Waals surface area contributed by atoms with Gasteiger partial charge in [-0.25, -0.2) is 0 Å². The van der Waals surface area contributed by atoms with Gasteiger partial charge in [0.05, 0.1) is 13.2 Å². The second-order valence-corrected chi connectivity index (χ2v) is 3.83. The lowest BCUT2D eigenvalue weighted by molar-refractivity contribution is 0.139. The van der Waals surface area contributed by atoms with E-state index in [-0.39, 0.29) is 0 Å². The summed E-state index contributed by atoms with van der Waals surface area (Å²) in [4.78, 5) is 4.08. The molecule has 5 nitrogen and oxygen atoms in total. The van der Waals surface area contributed by atoms with Crippen molar-refractivity contribution in [3.05, 3.63) is 29.3 Å². The number of aromatic nitrogens is 4. The third-order valence-electron chi connectivity index (χ3n) is 2.34. The van der Waals surface area contributed by atoms with Crippen molar-refractivity contribution in [2.45, 2.75) is 13.5 Å². The van der Waals surface area contributed by atoms with Crippen molar-refractivity contribution in [3.8, 4) is 11.4 Å². The number of pyridine rings is 1. The fourth-order valence-electron chi connectivity index (χ4n) is 1.54. The molecule has 2 rings (SSSR count). The number of hydrogen-bond acceptors (Lipinski definition) is 4. The lowest BCUT2D eigenvalue weighted by Crippen LogP contribution is -2.07. The van der Waals surface area contributed by atoms with E-state index in [0.717, 1.165) is 11.4 Å². The molecule has 0 aliphatic rings. The fourth-order valence-corrected chi connectivity index (χ4v) is 1.76. The van der Waals surface area contributed by atoms with Crippen molar-refractivity contribution in [1.82, 2.24) is 19.7 Å². The van der Waals surface area contributed by atoms with E-state index >= 15 is 0 Å². The summed E-state index contributed by atoms with van der Waals surface area (Å²) in [6, 6.07) is 3.83. The highest BCUT2D eigenvalue weighted by atomic mass is 32.1. The van der Waals surface area contributed by atoms with Gasteiger partial charge in [0.2, 0.25) is 0 Å². The van der Waals surface area contributed by atoms with Crippen molar-refractivity contribution in [2.75, 3.05) is 13.2 Å². The van der Waals surface area contributed by atoms with E-state index in [9.17, 15) is 0 Å². The van der Waals surface area contributed by atoms with Crippen LogP contribution in [-0.4, -0.2) is 33.0 Å². The molecule has 17 heavy (non-hydrogen) atoms. The SMILES string of the molecule is CCOCCn1c(-c2cccnc2)n[nH]c1=S. The van der Waals surface area contributed by atoms with Crippen LogP contribution in [-0.2, 0) is 11.3 Å². The highest BCUT2D eigenvalue weighted by molar-refractivity contribution is 7.71. The Morgan fingerprint density at radius 1 is 1.53 bits per heavy atom. The monoisotopic (exact) mass is 250 g/mol. The number of H-pyrrole nitrogens is 1. The number of aromatic amines is 1. The molecule has 0 saturated heterocycles. The first-order valence-electron chi connectivity index (χ1n) is 5.46. The third kappa shape index (κ3) is 2.78. The average Bonchev–Trinajstić information content (AvgIpc) is 2.73. The Labute approximate surface area is 104 Å². The van der Waals surface area contributed by atoms with E-state index in [4.69, 9.17) is 17.0 Å². The van der Waals surface area contributed by atoms with Crippen LogP contribution in [0.3, 0.4) is 0 Å². The minimum Gasteiger partial charge on any atom is -0.380 e. The Morgan fingerprint density at radius 3 is 3.12 bits per heavy atom. The Morgan fingerprint density at radius 2 is 2.41 bits per heavy atom. The molecule has 0 aromatic carbocycles. The maximum absolute atomic E-state index is 5.33. The van der Waals surface area contributed by atoms with Crippen molar-refractivity contribution >= 4 is 12.2 Å². The molecule has 0 unspecified atom stereocenters. The first kappa shape index (κ1) is 11.9. The summed E-state index contributed by atoms with van der Waals surface area (Å²) in [5, 5.41) is 7.01. The summed E-state index contributed by atoms with van der Waals surface area (Å²) < 4.78 is 7.85. The molecule has 0 amide bonds. The lowest BCUT2D eigenvalue weighted by Gasteiger charge is -2.06. The Kier molecular flexibility index (Phi) is 4.00.